The summed E-state index contributed by atoms with van der Waals surface area (Å²) in [5, 5.41) is 2.67. The maximum absolute atomic E-state index is 2.39. The summed E-state index contributed by atoms with van der Waals surface area (Å²) in [6.45, 7) is 4.71. The molecule has 0 spiro atoms. The van der Waals surface area contributed by atoms with Gasteiger partial charge in [0.25, 0.3) is 0 Å². The number of rotatable bonds is 1. The molecule has 0 aromatic heterocycles. The van der Waals surface area contributed by atoms with Gasteiger partial charge in [0.15, 0.2) is 0 Å². The Morgan fingerprint density at radius 1 is 0.818 bits per heavy atom. The molecule has 1 aliphatic rings. The van der Waals surface area contributed by atoms with E-state index in [2.05, 4.69) is 86.7 Å². The van der Waals surface area contributed by atoms with E-state index in [1.807, 2.05) is 0 Å². The van der Waals surface area contributed by atoms with Crippen LogP contribution in [0.5, 0.6) is 0 Å². The number of hydrogen-bond acceptors (Lipinski definition) is 0. The average Bonchev–Trinajstić information content (AvgIpc) is 2.77. The van der Waals surface area contributed by atoms with E-state index in [0.29, 0.717) is 0 Å². The number of fused-ring (bicyclic) bond motifs is 2. The lowest BCUT2D eigenvalue weighted by Crippen LogP contribution is -2.11. The summed E-state index contributed by atoms with van der Waals surface area (Å²) in [4.78, 5) is 0. The van der Waals surface area contributed by atoms with Crippen LogP contribution in [-0.4, -0.2) is 0 Å². The molecule has 0 aliphatic heterocycles. The molecule has 3 aromatic carbocycles. The van der Waals surface area contributed by atoms with Crippen molar-refractivity contribution in [3.05, 3.63) is 83.4 Å². The van der Waals surface area contributed by atoms with Gasteiger partial charge in [0.2, 0.25) is 0 Å². The predicted molar refractivity (Wildman–Crippen MR) is 95.9 cm³/mol. The fourth-order valence-electron chi connectivity index (χ4n) is 3.61. The van der Waals surface area contributed by atoms with Crippen molar-refractivity contribution in [2.75, 3.05) is 0 Å². The molecule has 0 saturated heterocycles. The van der Waals surface area contributed by atoms with Crippen molar-refractivity contribution in [1.82, 2.24) is 0 Å². The van der Waals surface area contributed by atoms with E-state index >= 15 is 0 Å². The molecule has 3 aromatic rings. The molecule has 0 nitrogen and oxygen atoms in total. The van der Waals surface area contributed by atoms with Crippen molar-refractivity contribution in [3.8, 4) is 0 Å². The summed E-state index contributed by atoms with van der Waals surface area (Å²) in [6.07, 6.45) is 3.45. The SMILES string of the molecule is CC1(C)C/C(=C/c2ccccc2)c2cc3ccccc3cc21. The standard InChI is InChI=1S/C22H20/c1-22(2)15-19(12-16-8-4-3-5-9-16)20-13-17-10-6-7-11-18(17)14-21(20)22/h3-14H,15H2,1-2H3/b19-12-. The van der Waals surface area contributed by atoms with Crippen LogP contribution in [0.3, 0.4) is 0 Å². The highest BCUT2D eigenvalue weighted by Crippen LogP contribution is 2.47. The first-order chi connectivity index (χ1) is 10.6. The molecule has 0 saturated carbocycles. The highest BCUT2D eigenvalue weighted by Gasteiger charge is 2.33. The van der Waals surface area contributed by atoms with Gasteiger partial charge in [-0.1, -0.05) is 74.5 Å². The van der Waals surface area contributed by atoms with E-state index in [0.717, 1.165) is 6.42 Å². The summed E-state index contributed by atoms with van der Waals surface area (Å²) < 4.78 is 0. The third kappa shape index (κ3) is 2.16. The lowest BCUT2D eigenvalue weighted by atomic mass is 9.85. The molecule has 0 radical (unpaired) electrons. The van der Waals surface area contributed by atoms with Crippen molar-refractivity contribution in [2.24, 2.45) is 0 Å². The third-order valence-corrected chi connectivity index (χ3v) is 4.73. The minimum absolute atomic E-state index is 0.208. The number of hydrogen-bond donors (Lipinski definition) is 0. The zero-order valence-corrected chi connectivity index (χ0v) is 13.1. The highest BCUT2D eigenvalue weighted by atomic mass is 14.4. The Morgan fingerprint density at radius 3 is 2.18 bits per heavy atom. The second-order valence-electron chi connectivity index (χ2n) is 6.89. The number of benzene rings is 3. The van der Waals surface area contributed by atoms with E-state index in [4.69, 9.17) is 0 Å². The zero-order valence-electron chi connectivity index (χ0n) is 13.1. The van der Waals surface area contributed by atoms with E-state index in [1.165, 1.54) is 33.0 Å². The Balaban J connectivity index is 1.93. The molecule has 108 valence electrons. The molecule has 0 amide bonds. The predicted octanol–water partition coefficient (Wildman–Crippen LogP) is 6.06. The van der Waals surface area contributed by atoms with Gasteiger partial charge >= 0.3 is 0 Å². The fourth-order valence-corrected chi connectivity index (χ4v) is 3.61. The number of allylic oxidation sites excluding steroid dienone is 1. The largest absolute Gasteiger partial charge is 0.0622 e. The Hall–Kier alpha value is -2.34. The minimum Gasteiger partial charge on any atom is -0.0622 e. The molecule has 1 aliphatic carbocycles. The molecular weight excluding hydrogens is 264 g/mol. The molecule has 0 heterocycles. The lowest BCUT2D eigenvalue weighted by molar-refractivity contribution is 0.564. The Kier molecular flexibility index (Phi) is 2.94. The van der Waals surface area contributed by atoms with Gasteiger partial charge in [0, 0.05) is 0 Å². The molecular formula is C22H20. The van der Waals surface area contributed by atoms with Crippen LogP contribution in [-0.2, 0) is 5.41 Å². The third-order valence-electron chi connectivity index (χ3n) is 4.73. The Morgan fingerprint density at radius 2 is 1.45 bits per heavy atom. The maximum atomic E-state index is 2.39. The van der Waals surface area contributed by atoms with E-state index in [1.54, 1.807) is 0 Å². The van der Waals surface area contributed by atoms with E-state index in [9.17, 15) is 0 Å². The maximum Gasteiger partial charge on any atom is -0.00567 e. The van der Waals surface area contributed by atoms with Gasteiger partial charge in [0.05, 0.1) is 0 Å². The van der Waals surface area contributed by atoms with Gasteiger partial charge in [0.1, 0.15) is 0 Å². The second-order valence-corrected chi connectivity index (χ2v) is 6.89. The summed E-state index contributed by atoms with van der Waals surface area (Å²) in [5.74, 6) is 0. The normalized spacial score (nSPS) is 17.8. The molecule has 22 heavy (non-hydrogen) atoms. The van der Waals surface area contributed by atoms with Crippen LogP contribution in [0.15, 0.2) is 66.7 Å². The topological polar surface area (TPSA) is 0 Å². The molecule has 4 rings (SSSR count). The van der Waals surface area contributed by atoms with Crippen molar-refractivity contribution < 1.29 is 0 Å². The quantitative estimate of drug-likeness (QED) is 0.509. The van der Waals surface area contributed by atoms with E-state index < -0.39 is 0 Å². The van der Waals surface area contributed by atoms with Gasteiger partial charge < -0.3 is 0 Å². The van der Waals surface area contributed by atoms with Gasteiger partial charge in [-0.25, -0.2) is 0 Å². The summed E-state index contributed by atoms with van der Waals surface area (Å²) >= 11 is 0. The van der Waals surface area contributed by atoms with Gasteiger partial charge in [-0.2, -0.15) is 0 Å². The van der Waals surface area contributed by atoms with Gasteiger partial charge in [-0.15, -0.1) is 0 Å². The van der Waals surface area contributed by atoms with Crippen LogP contribution < -0.4 is 0 Å². The summed E-state index contributed by atoms with van der Waals surface area (Å²) in [6, 6.07) is 24.1. The van der Waals surface area contributed by atoms with Gasteiger partial charge in [-0.3, -0.25) is 0 Å². The van der Waals surface area contributed by atoms with Crippen LogP contribution >= 0.6 is 0 Å². The molecule has 0 N–H and O–H groups in total. The van der Waals surface area contributed by atoms with Crippen LogP contribution in [0.4, 0.5) is 0 Å². The summed E-state index contributed by atoms with van der Waals surface area (Å²) in [5.41, 5.74) is 5.85. The first-order valence-corrected chi connectivity index (χ1v) is 7.93. The van der Waals surface area contributed by atoms with Crippen LogP contribution in [0.2, 0.25) is 0 Å². The fraction of sp³-hybridized carbons (Fsp3) is 0.182. The van der Waals surface area contributed by atoms with Crippen molar-refractivity contribution in [3.63, 3.8) is 0 Å². The average molecular weight is 284 g/mol. The molecule has 0 heteroatoms. The van der Waals surface area contributed by atoms with Crippen LogP contribution in [0.25, 0.3) is 22.4 Å². The first-order valence-electron chi connectivity index (χ1n) is 7.93. The van der Waals surface area contributed by atoms with Crippen molar-refractivity contribution >= 4 is 22.4 Å². The smallest absolute Gasteiger partial charge is 0.00567 e. The van der Waals surface area contributed by atoms with Gasteiger partial charge in [-0.05, 0) is 57.0 Å². The lowest BCUT2D eigenvalue weighted by Gasteiger charge is -2.18. The minimum atomic E-state index is 0.208. The monoisotopic (exact) mass is 284 g/mol. The zero-order chi connectivity index (χ0) is 15.2. The Bertz CT molecular complexity index is 867. The molecule has 0 fully saturated rings. The molecule has 0 atom stereocenters. The highest BCUT2D eigenvalue weighted by molar-refractivity contribution is 5.94. The summed E-state index contributed by atoms with van der Waals surface area (Å²) in [7, 11) is 0. The Labute approximate surface area is 132 Å². The van der Waals surface area contributed by atoms with Crippen LogP contribution in [0.1, 0.15) is 37.0 Å². The van der Waals surface area contributed by atoms with E-state index in [-0.39, 0.29) is 5.41 Å². The molecule has 0 unspecified atom stereocenters. The van der Waals surface area contributed by atoms with Crippen LogP contribution in [0, 0.1) is 0 Å². The van der Waals surface area contributed by atoms with Crippen molar-refractivity contribution in [2.45, 2.75) is 25.7 Å². The molecule has 0 bridgehead atoms. The van der Waals surface area contributed by atoms with Crippen molar-refractivity contribution in [1.29, 1.82) is 0 Å². The second kappa shape index (κ2) is 4.84. The first kappa shape index (κ1) is 13.3.